The van der Waals surface area contributed by atoms with E-state index >= 15 is 0 Å². The molecule has 0 aromatic carbocycles. The Balaban J connectivity index is 2.72. The van der Waals surface area contributed by atoms with Crippen LogP contribution in [0, 0.1) is 0 Å². The summed E-state index contributed by atoms with van der Waals surface area (Å²) >= 11 is 8.88. The second-order valence-corrected chi connectivity index (χ2v) is 3.17. The van der Waals surface area contributed by atoms with E-state index in [0.717, 1.165) is 0 Å². The third kappa shape index (κ3) is 2.62. The van der Waals surface area contributed by atoms with Gasteiger partial charge in [-0.05, 0) is 28.1 Å². The van der Waals surface area contributed by atoms with Crippen LogP contribution in [-0.2, 0) is 0 Å². The lowest BCUT2D eigenvalue weighted by Gasteiger charge is -2.04. The van der Waals surface area contributed by atoms with Gasteiger partial charge >= 0.3 is 0 Å². The fourth-order valence-electron chi connectivity index (χ4n) is 0.663. The zero-order valence-corrected chi connectivity index (χ0v) is 8.47. The molecular weight excluding hydrogens is 245 g/mol. The number of hydrogen-bond acceptors (Lipinski definition) is 3. The maximum atomic E-state index is 8.48. The first kappa shape index (κ1) is 9.77. The molecule has 12 heavy (non-hydrogen) atoms. The van der Waals surface area contributed by atoms with Gasteiger partial charge in [0.15, 0.2) is 10.9 Å². The van der Waals surface area contributed by atoms with Crippen molar-refractivity contribution >= 4 is 27.5 Å². The Labute approximate surface area is 83.5 Å². The average molecular weight is 252 g/mol. The van der Waals surface area contributed by atoms with Gasteiger partial charge in [-0.2, -0.15) is 0 Å². The van der Waals surface area contributed by atoms with Crippen molar-refractivity contribution in [3.8, 4) is 5.75 Å². The number of aliphatic hydroxyl groups is 1. The summed E-state index contributed by atoms with van der Waals surface area (Å²) in [6, 6.07) is 3.41. The number of rotatable bonds is 3. The van der Waals surface area contributed by atoms with E-state index in [1.165, 1.54) is 0 Å². The van der Waals surface area contributed by atoms with Crippen LogP contribution in [0.3, 0.4) is 0 Å². The lowest BCUT2D eigenvalue weighted by molar-refractivity contribution is 0.201. The number of aliphatic hydroxyl groups excluding tert-OH is 1. The van der Waals surface area contributed by atoms with Gasteiger partial charge < -0.3 is 9.84 Å². The van der Waals surface area contributed by atoms with Crippen molar-refractivity contribution < 1.29 is 9.84 Å². The van der Waals surface area contributed by atoms with E-state index < -0.39 is 0 Å². The second-order valence-electron chi connectivity index (χ2n) is 1.99. The molecule has 0 atom stereocenters. The third-order valence-electron chi connectivity index (χ3n) is 1.13. The van der Waals surface area contributed by atoms with E-state index in [1.807, 2.05) is 0 Å². The van der Waals surface area contributed by atoms with E-state index in [-0.39, 0.29) is 18.4 Å². The molecule has 0 bridgehead atoms. The van der Waals surface area contributed by atoms with Crippen molar-refractivity contribution in [3.63, 3.8) is 0 Å². The predicted octanol–water partition coefficient (Wildman–Crippen LogP) is 1.87. The molecule has 0 amide bonds. The van der Waals surface area contributed by atoms with Crippen LogP contribution in [0.4, 0.5) is 0 Å². The van der Waals surface area contributed by atoms with Gasteiger partial charge in [-0.15, -0.1) is 0 Å². The highest BCUT2D eigenvalue weighted by Gasteiger charge is 2.02. The quantitative estimate of drug-likeness (QED) is 0.835. The molecule has 0 saturated heterocycles. The van der Waals surface area contributed by atoms with Crippen LogP contribution < -0.4 is 4.74 Å². The lowest BCUT2D eigenvalue weighted by Crippen LogP contribution is -2.02. The fourth-order valence-corrected chi connectivity index (χ4v) is 1.28. The Morgan fingerprint density at radius 2 is 2.33 bits per heavy atom. The van der Waals surface area contributed by atoms with Crippen molar-refractivity contribution in [1.82, 2.24) is 4.98 Å². The highest BCUT2D eigenvalue weighted by molar-refractivity contribution is 9.10. The molecule has 3 nitrogen and oxygen atoms in total. The van der Waals surface area contributed by atoms with Crippen LogP contribution in [0.5, 0.6) is 5.75 Å². The minimum atomic E-state index is -0.0353. The summed E-state index contributed by atoms with van der Waals surface area (Å²) in [6.45, 7) is 0.190. The third-order valence-corrected chi connectivity index (χ3v) is 1.84. The van der Waals surface area contributed by atoms with Crippen molar-refractivity contribution in [1.29, 1.82) is 0 Å². The number of aromatic nitrogens is 1. The molecular formula is C7H7BrClNO2. The van der Waals surface area contributed by atoms with Gasteiger partial charge in [0, 0.05) is 0 Å². The fraction of sp³-hybridized carbons (Fsp3) is 0.286. The summed E-state index contributed by atoms with van der Waals surface area (Å²) in [5.74, 6) is 0.480. The van der Waals surface area contributed by atoms with Crippen molar-refractivity contribution in [2.75, 3.05) is 13.2 Å². The number of hydrogen-bond donors (Lipinski definition) is 1. The summed E-state index contributed by atoms with van der Waals surface area (Å²) in [5, 5.41) is 8.76. The Bertz CT molecular complexity index is 270. The topological polar surface area (TPSA) is 42.4 Å². The maximum absolute atomic E-state index is 8.48. The van der Waals surface area contributed by atoms with Crippen LogP contribution in [0.15, 0.2) is 16.7 Å². The maximum Gasteiger partial charge on any atom is 0.172 e. The van der Waals surface area contributed by atoms with Crippen LogP contribution in [0.2, 0.25) is 5.15 Å². The smallest absolute Gasteiger partial charge is 0.172 e. The molecule has 1 N–H and O–H groups in total. The molecule has 0 aliphatic heterocycles. The van der Waals surface area contributed by atoms with E-state index in [4.69, 9.17) is 21.4 Å². The van der Waals surface area contributed by atoms with Gasteiger partial charge in [0.25, 0.3) is 0 Å². The van der Waals surface area contributed by atoms with Crippen LogP contribution >= 0.6 is 27.5 Å². The first-order valence-electron chi connectivity index (χ1n) is 3.29. The summed E-state index contributed by atoms with van der Waals surface area (Å²) in [4.78, 5) is 3.90. The largest absolute Gasteiger partial charge is 0.488 e. The minimum absolute atomic E-state index is 0.0353. The number of ether oxygens (including phenoxy) is 1. The molecule has 1 aromatic rings. The molecule has 1 heterocycles. The monoisotopic (exact) mass is 251 g/mol. The lowest BCUT2D eigenvalue weighted by atomic mass is 10.5. The first-order chi connectivity index (χ1) is 5.74. The SMILES string of the molecule is OCCOc1ccc(Br)nc1Cl. The number of pyridine rings is 1. The van der Waals surface area contributed by atoms with Gasteiger partial charge in [-0.3, -0.25) is 0 Å². The molecule has 66 valence electrons. The van der Waals surface area contributed by atoms with Gasteiger partial charge in [0.05, 0.1) is 6.61 Å². The van der Waals surface area contributed by atoms with Crippen molar-refractivity contribution in [2.24, 2.45) is 0 Å². The molecule has 0 aliphatic carbocycles. The molecule has 1 rings (SSSR count). The van der Waals surface area contributed by atoms with E-state index in [1.54, 1.807) is 12.1 Å². The van der Waals surface area contributed by atoms with Gasteiger partial charge in [0.1, 0.15) is 11.2 Å². The Kier molecular flexibility index (Phi) is 3.78. The Morgan fingerprint density at radius 1 is 1.58 bits per heavy atom. The van der Waals surface area contributed by atoms with E-state index in [2.05, 4.69) is 20.9 Å². The predicted molar refractivity (Wildman–Crippen MR) is 49.5 cm³/mol. The summed E-state index contributed by atoms with van der Waals surface area (Å²) in [5.41, 5.74) is 0. The zero-order valence-electron chi connectivity index (χ0n) is 6.13. The molecule has 1 aromatic heterocycles. The molecule has 5 heteroatoms. The molecule has 0 spiro atoms. The molecule has 0 saturated carbocycles. The summed E-state index contributed by atoms with van der Waals surface area (Å²) in [6.07, 6.45) is 0. The van der Waals surface area contributed by atoms with Gasteiger partial charge in [-0.1, -0.05) is 11.6 Å². The summed E-state index contributed by atoms with van der Waals surface area (Å²) in [7, 11) is 0. The standard InChI is InChI=1S/C7H7BrClNO2/c8-6-2-1-5(7(9)10-6)12-4-3-11/h1-2,11H,3-4H2. The van der Waals surface area contributed by atoms with Crippen LogP contribution in [0.25, 0.3) is 0 Å². The van der Waals surface area contributed by atoms with Crippen LogP contribution in [0.1, 0.15) is 0 Å². The molecule has 0 fully saturated rings. The summed E-state index contributed by atoms with van der Waals surface area (Å²) < 4.78 is 5.73. The van der Waals surface area contributed by atoms with Crippen LogP contribution in [-0.4, -0.2) is 23.3 Å². The molecule has 0 unspecified atom stereocenters. The highest BCUT2D eigenvalue weighted by Crippen LogP contribution is 2.23. The van der Waals surface area contributed by atoms with Crippen molar-refractivity contribution in [3.05, 3.63) is 21.9 Å². The normalized spacial score (nSPS) is 9.92. The first-order valence-corrected chi connectivity index (χ1v) is 4.47. The highest BCUT2D eigenvalue weighted by atomic mass is 79.9. The number of nitrogens with zero attached hydrogens (tertiary/aromatic N) is 1. The van der Waals surface area contributed by atoms with E-state index in [0.29, 0.717) is 10.4 Å². The molecule has 0 aliphatic rings. The average Bonchev–Trinajstić information content (AvgIpc) is 2.03. The number of halogens is 2. The second kappa shape index (κ2) is 4.64. The Morgan fingerprint density at radius 3 is 2.92 bits per heavy atom. The molecule has 0 radical (unpaired) electrons. The zero-order chi connectivity index (χ0) is 8.97. The van der Waals surface area contributed by atoms with Gasteiger partial charge in [0.2, 0.25) is 0 Å². The minimum Gasteiger partial charge on any atom is -0.488 e. The van der Waals surface area contributed by atoms with E-state index in [9.17, 15) is 0 Å². The van der Waals surface area contributed by atoms with Gasteiger partial charge in [-0.25, -0.2) is 4.98 Å². The Hall–Kier alpha value is -0.320. The van der Waals surface area contributed by atoms with Crippen molar-refractivity contribution in [2.45, 2.75) is 0 Å².